The molecule has 0 saturated heterocycles. The lowest BCUT2D eigenvalue weighted by Gasteiger charge is -2.19. The Balaban J connectivity index is 3.50. The number of ether oxygens (including phenoxy) is 1. The van der Waals surface area contributed by atoms with Crippen molar-refractivity contribution < 1.29 is 9.53 Å². The Morgan fingerprint density at radius 2 is 2.07 bits per heavy atom. The molecule has 0 aliphatic carbocycles. The smallest absolute Gasteiger partial charge is 0.306 e. The van der Waals surface area contributed by atoms with Crippen molar-refractivity contribution >= 4 is 17.7 Å². The Kier molecular flexibility index (Phi) is 10.2. The molecular formula is C11H23NO2S. The lowest BCUT2D eigenvalue weighted by Crippen LogP contribution is -2.27. The highest BCUT2D eigenvalue weighted by molar-refractivity contribution is 7.99. The van der Waals surface area contributed by atoms with Gasteiger partial charge in [-0.15, -0.1) is 0 Å². The predicted octanol–water partition coefficient (Wildman–Crippen LogP) is 2.01. The second kappa shape index (κ2) is 10.3. The van der Waals surface area contributed by atoms with Gasteiger partial charge in [0.25, 0.3) is 0 Å². The van der Waals surface area contributed by atoms with E-state index in [9.17, 15) is 4.79 Å². The molecule has 0 aromatic rings. The SMILES string of the molecule is CCSCCCN(CC)CCC(=O)OC. The molecule has 0 bridgehead atoms. The summed E-state index contributed by atoms with van der Waals surface area (Å²) in [6, 6.07) is 0. The van der Waals surface area contributed by atoms with Gasteiger partial charge in [-0.05, 0) is 31.0 Å². The fourth-order valence-electron chi connectivity index (χ4n) is 1.31. The van der Waals surface area contributed by atoms with Gasteiger partial charge in [0.05, 0.1) is 13.5 Å². The van der Waals surface area contributed by atoms with E-state index in [0.29, 0.717) is 6.42 Å². The molecule has 0 aliphatic rings. The van der Waals surface area contributed by atoms with E-state index in [0.717, 1.165) is 19.6 Å². The number of methoxy groups -OCH3 is 1. The fraction of sp³-hybridized carbons (Fsp3) is 0.909. The van der Waals surface area contributed by atoms with Crippen molar-refractivity contribution in [1.29, 1.82) is 0 Å². The molecule has 0 unspecified atom stereocenters. The normalized spacial score (nSPS) is 10.7. The first-order valence-electron chi connectivity index (χ1n) is 5.61. The molecular weight excluding hydrogens is 210 g/mol. The van der Waals surface area contributed by atoms with E-state index < -0.39 is 0 Å². The van der Waals surface area contributed by atoms with Gasteiger partial charge in [0.15, 0.2) is 0 Å². The number of carbonyl (C=O) groups is 1. The predicted molar refractivity (Wildman–Crippen MR) is 66.4 cm³/mol. The van der Waals surface area contributed by atoms with Crippen LogP contribution in [0.4, 0.5) is 0 Å². The molecule has 90 valence electrons. The van der Waals surface area contributed by atoms with Crippen molar-refractivity contribution in [3.8, 4) is 0 Å². The van der Waals surface area contributed by atoms with Crippen molar-refractivity contribution in [3.05, 3.63) is 0 Å². The maximum Gasteiger partial charge on any atom is 0.306 e. The van der Waals surface area contributed by atoms with Crippen LogP contribution in [0.1, 0.15) is 26.7 Å². The second-order valence-corrected chi connectivity index (χ2v) is 4.70. The third kappa shape index (κ3) is 8.75. The first kappa shape index (κ1) is 14.8. The topological polar surface area (TPSA) is 29.5 Å². The van der Waals surface area contributed by atoms with Gasteiger partial charge in [-0.3, -0.25) is 4.79 Å². The van der Waals surface area contributed by atoms with E-state index in [1.54, 1.807) is 0 Å². The molecule has 0 radical (unpaired) electrons. The Morgan fingerprint density at radius 1 is 1.33 bits per heavy atom. The van der Waals surface area contributed by atoms with Crippen LogP contribution in [0.2, 0.25) is 0 Å². The molecule has 4 heteroatoms. The van der Waals surface area contributed by atoms with Crippen molar-refractivity contribution in [3.63, 3.8) is 0 Å². The summed E-state index contributed by atoms with van der Waals surface area (Å²) in [5, 5.41) is 0. The van der Waals surface area contributed by atoms with E-state index >= 15 is 0 Å². The first-order valence-corrected chi connectivity index (χ1v) is 6.76. The van der Waals surface area contributed by atoms with Crippen LogP contribution in [0, 0.1) is 0 Å². The number of hydrogen-bond donors (Lipinski definition) is 0. The van der Waals surface area contributed by atoms with Gasteiger partial charge in [-0.1, -0.05) is 13.8 Å². The number of esters is 1. The Bertz CT molecular complexity index is 165. The second-order valence-electron chi connectivity index (χ2n) is 3.31. The molecule has 0 fully saturated rings. The molecule has 0 amide bonds. The molecule has 0 rings (SSSR count). The molecule has 0 spiro atoms. The van der Waals surface area contributed by atoms with E-state index in [1.165, 1.54) is 25.0 Å². The number of rotatable bonds is 9. The maximum absolute atomic E-state index is 11.0. The van der Waals surface area contributed by atoms with Crippen LogP contribution < -0.4 is 0 Å². The summed E-state index contributed by atoms with van der Waals surface area (Å²) in [6.45, 7) is 7.22. The number of hydrogen-bond acceptors (Lipinski definition) is 4. The highest BCUT2D eigenvalue weighted by Crippen LogP contribution is 2.03. The van der Waals surface area contributed by atoms with Crippen LogP contribution >= 0.6 is 11.8 Å². The summed E-state index contributed by atoms with van der Waals surface area (Å²) in [6.07, 6.45) is 1.71. The van der Waals surface area contributed by atoms with Crippen LogP contribution in [-0.4, -0.2) is 49.1 Å². The van der Waals surface area contributed by atoms with Crippen LogP contribution in [0.3, 0.4) is 0 Å². The number of thioether (sulfide) groups is 1. The Hall–Kier alpha value is -0.220. The molecule has 0 aromatic carbocycles. The highest BCUT2D eigenvalue weighted by atomic mass is 32.2. The van der Waals surface area contributed by atoms with Gasteiger partial charge in [0, 0.05) is 6.54 Å². The van der Waals surface area contributed by atoms with Crippen LogP contribution in [0.25, 0.3) is 0 Å². The van der Waals surface area contributed by atoms with Crippen LogP contribution in [0.5, 0.6) is 0 Å². The average molecular weight is 233 g/mol. The average Bonchev–Trinajstić information content (AvgIpc) is 2.27. The molecule has 0 heterocycles. The fourth-order valence-corrected chi connectivity index (χ4v) is 1.94. The molecule has 15 heavy (non-hydrogen) atoms. The van der Waals surface area contributed by atoms with Crippen molar-refractivity contribution in [1.82, 2.24) is 4.90 Å². The number of nitrogens with zero attached hydrogens (tertiary/aromatic N) is 1. The minimum absolute atomic E-state index is 0.114. The molecule has 0 saturated carbocycles. The molecule has 0 aromatic heterocycles. The summed E-state index contributed by atoms with van der Waals surface area (Å²) in [5.74, 6) is 2.29. The van der Waals surface area contributed by atoms with Gasteiger partial charge >= 0.3 is 5.97 Å². The minimum Gasteiger partial charge on any atom is -0.469 e. The monoisotopic (exact) mass is 233 g/mol. The molecule has 0 N–H and O–H groups in total. The van der Waals surface area contributed by atoms with Gasteiger partial charge in [0.2, 0.25) is 0 Å². The molecule has 0 aliphatic heterocycles. The minimum atomic E-state index is -0.114. The van der Waals surface area contributed by atoms with E-state index in [-0.39, 0.29) is 5.97 Å². The van der Waals surface area contributed by atoms with Gasteiger partial charge < -0.3 is 9.64 Å². The van der Waals surface area contributed by atoms with Crippen molar-refractivity contribution in [2.24, 2.45) is 0 Å². The zero-order valence-corrected chi connectivity index (χ0v) is 10.9. The summed E-state index contributed by atoms with van der Waals surface area (Å²) < 4.78 is 4.62. The third-order valence-corrected chi connectivity index (χ3v) is 3.26. The summed E-state index contributed by atoms with van der Waals surface area (Å²) in [4.78, 5) is 13.3. The van der Waals surface area contributed by atoms with Crippen molar-refractivity contribution in [2.45, 2.75) is 26.7 Å². The standard InChI is InChI=1S/C11H23NO2S/c1-4-12(8-6-10-15-5-2)9-7-11(13)14-3/h4-10H2,1-3H3. The zero-order valence-electron chi connectivity index (χ0n) is 10.1. The van der Waals surface area contributed by atoms with Gasteiger partial charge in [-0.25, -0.2) is 0 Å². The number of carbonyl (C=O) groups excluding carboxylic acids is 1. The van der Waals surface area contributed by atoms with E-state index in [1.807, 2.05) is 11.8 Å². The van der Waals surface area contributed by atoms with Gasteiger partial charge in [-0.2, -0.15) is 11.8 Å². The summed E-state index contributed by atoms with van der Waals surface area (Å²) in [7, 11) is 1.44. The Labute approximate surface area is 97.5 Å². The lowest BCUT2D eigenvalue weighted by atomic mass is 10.3. The largest absolute Gasteiger partial charge is 0.469 e. The quantitative estimate of drug-likeness (QED) is 0.450. The Morgan fingerprint density at radius 3 is 2.60 bits per heavy atom. The van der Waals surface area contributed by atoms with E-state index in [2.05, 4.69) is 23.5 Å². The zero-order chi connectivity index (χ0) is 11.5. The third-order valence-electron chi connectivity index (χ3n) is 2.27. The van der Waals surface area contributed by atoms with Crippen LogP contribution in [-0.2, 0) is 9.53 Å². The first-order chi connectivity index (χ1) is 7.24. The van der Waals surface area contributed by atoms with Crippen molar-refractivity contribution in [2.75, 3.05) is 38.2 Å². The summed E-state index contributed by atoms with van der Waals surface area (Å²) >= 11 is 1.97. The molecule has 3 nitrogen and oxygen atoms in total. The van der Waals surface area contributed by atoms with Crippen LogP contribution in [0.15, 0.2) is 0 Å². The van der Waals surface area contributed by atoms with Gasteiger partial charge in [0.1, 0.15) is 0 Å². The summed E-state index contributed by atoms with van der Waals surface area (Å²) in [5.41, 5.74) is 0. The lowest BCUT2D eigenvalue weighted by molar-refractivity contribution is -0.140. The molecule has 0 atom stereocenters. The van der Waals surface area contributed by atoms with E-state index in [4.69, 9.17) is 0 Å². The maximum atomic E-state index is 11.0. The highest BCUT2D eigenvalue weighted by Gasteiger charge is 2.05.